The Hall–Kier alpha value is -0.240. The number of hydrogen-bond acceptors (Lipinski definition) is 6. The molecule has 0 rings (SSSR count). The Balaban J connectivity index is 0. The summed E-state index contributed by atoms with van der Waals surface area (Å²) in [5.74, 6) is 0. The third-order valence-corrected chi connectivity index (χ3v) is 1.14. The fourth-order valence-electron chi connectivity index (χ4n) is 0.529. The third-order valence-electron chi connectivity index (χ3n) is 1.14. The molecule has 0 spiro atoms. The Morgan fingerprint density at radius 2 is 1.13 bits per heavy atom. The average Bonchev–Trinajstić information content (AvgIpc) is 2.28. The predicted octanol–water partition coefficient (Wildman–Crippen LogP) is -1.37. The van der Waals surface area contributed by atoms with Crippen LogP contribution >= 0.6 is 0 Å². The van der Waals surface area contributed by atoms with Gasteiger partial charge < -0.3 is 29.5 Å². The van der Waals surface area contributed by atoms with Crippen LogP contribution in [-0.2, 0) is 14.2 Å². The third kappa shape index (κ3) is 24.8. The van der Waals surface area contributed by atoms with Crippen LogP contribution in [0.3, 0.4) is 0 Å². The molecule has 0 bridgehead atoms. The molecule has 0 aromatic rings. The number of rotatable bonds is 9. The molecule has 0 atom stereocenters. The quantitative estimate of drug-likeness (QED) is 0.420. The summed E-state index contributed by atoms with van der Waals surface area (Å²) in [7, 11) is 1.63. The molecule has 0 aliphatic rings. The Kier molecular flexibility index (Phi) is 22.1. The van der Waals surface area contributed by atoms with Gasteiger partial charge in [0.05, 0.1) is 52.9 Å². The van der Waals surface area contributed by atoms with E-state index in [0.717, 1.165) is 0 Å². The number of aliphatic hydroxyl groups excluding tert-OH is 3. The molecular formula is C9H22O6. The maximum absolute atomic E-state index is 8.32. The summed E-state index contributed by atoms with van der Waals surface area (Å²) in [6, 6.07) is 0. The van der Waals surface area contributed by atoms with Crippen molar-refractivity contribution >= 4 is 0 Å². The van der Waals surface area contributed by atoms with E-state index in [2.05, 4.69) is 0 Å². The molecule has 3 N–H and O–H groups in total. The highest BCUT2D eigenvalue weighted by Gasteiger charge is 1.87. The van der Waals surface area contributed by atoms with E-state index in [-0.39, 0.29) is 19.8 Å². The zero-order chi connectivity index (χ0) is 11.8. The van der Waals surface area contributed by atoms with Gasteiger partial charge in [-0.15, -0.1) is 0 Å². The molecule has 6 nitrogen and oxygen atoms in total. The molecular weight excluding hydrogens is 204 g/mol. The van der Waals surface area contributed by atoms with Crippen molar-refractivity contribution < 1.29 is 29.5 Å². The van der Waals surface area contributed by atoms with Gasteiger partial charge >= 0.3 is 0 Å². The Morgan fingerprint density at radius 1 is 0.667 bits per heavy atom. The normalized spacial score (nSPS) is 9.60. The summed E-state index contributed by atoms with van der Waals surface area (Å²) in [4.78, 5) is 0. The molecule has 0 amide bonds. The fraction of sp³-hybridized carbons (Fsp3) is 1.00. The van der Waals surface area contributed by atoms with E-state index >= 15 is 0 Å². The van der Waals surface area contributed by atoms with Crippen LogP contribution in [0.25, 0.3) is 0 Å². The van der Waals surface area contributed by atoms with Crippen LogP contribution in [-0.4, -0.2) is 75.3 Å². The molecule has 6 heteroatoms. The highest BCUT2D eigenvalue weighted by Crippen LogP contribution is 1.78. The molecule has 0 saturated heterocycles. The zero-order valence-corrected chi connectivity index (χ0v) is 9.22. The van der Waals surface area contributed by atoms with Crippen molar-refractivity contribution in [1.82, 2.24) is 0 Å². The molecule has 15 heavy (non-hydrogen) atoms. The van der Waals surface area contributed by atoms with Crippen LogP contribution in [0.2, 0.25) is 0 Å². The number of methoxy groups -OCH3 is 1. The summed E-state index contributed by atoms with van der Waals surface area (Å²) in [6.45, 7) is 2.50. The SMILES string of the molecule is COCCOCCOCCO.OCCO. The molecule has 0 aromatic carbocycles. The van der Waals surface area contributed by atoms with Gasteiger partial charge in [0.25, 0.3) is 0 Å². The van der Waals surface area contributed by atoms with Crippen molar-refractivity contribution in [2.75, 3.05) is 60.0 Å². The van der Waals surface area contributed by atoms with E-state index in [1.54, 1.807) is 7.11 Å². The lowest BCUT2D eigenvalue weighted by Crippen LogP contribution is -2.09. The van der Waals surface area contributed by atoms with Crippen molar-refractivity contribution in [2.45, 2.75) is 0 Å². The van der Waals surface area contributed by atoms with Crippen molar-refractivity contribution in [2.24, 2.45) is 0 Å². The maximum atomic E-state index is 8.32. The van der Waals surface area contributed by atoms with Crippen LogP contribution in [0.5, 0.6) is 0 Å². The standard InChI is InChI=1S/C7H16O4.C2H6O2/c1-9-4-5-11-7-6-10-3-2-8;3-1-2-4/h8H,2-7H2,1H3;3-4H,1-2H2. The second-order valence-electron chi connectivity index (χ2n) is 2.39. The van der Waals surface area contributed by atoms with Crippen LogP contribution in [0.1, 0.15) is 0 Å². The van der Waals surface area contributed by atoms with E-state index in [0.29, 0.717) is 33.0 Å². The van der Waals surface area contributed by atoms with Crippen molar-refractivity contribution in [3.63, 3.8) is 0 Å². The highest BCUT2D eigenvalue weighted by atomic mass is 16.5. The number of hydrogen-bond donors (Lipinski definition) is 3. The van der Waals surface area contributed by atoms with Gasteiger partial charge in [-0.1, -0.05) is 0 Å². The Labute approximate surface area is 90.4 Å². The van der Waals surface area contributed by atoms with Gasteiger partial charge in [-0.25, -0.2) is 0 Å². The number of ether oxygens (including phenoxy) is 3. The van der Waals surface area contributed by atoms with Gasteiger partial charge in [0.2, 0.25) is 0 Å². The van der Waals surface area contributed by atoms with Gasteiger partial charge in [0.1, 0.15) is 0 Å². The molecule has 0 unspecified atom stereocenters. The largest absolute Gasteiger partial charge is 0.394 e. The summed E-state index contributed by atoms with van der Waals surface area (Å²) >= 11 is 0. The first-order valence-corrected chi connectivity index (χ1v) is 4.80. The minimum absolute atomic E-state index is 0.0675. The molecule has 0 aromatic heterocycles. The molecule has 94 valence electrons. The average molecular weight is 226 g/mol. The van der Waals surface area contributed by atoms with Gasteiger partial charge in [0, 0.05) is 7.11 Å². The van der Waals surface area contributed by atoms with E-state index < -0.39 is 0 Å². The Morgan fingerprint density at radius 3 is 1.53 bits per heavy atom. The van der Waals surface area contributed by atoms with Gasteiger partial charge in [-0.2, -0.15) is 0 Å². The molecule has 0 aliphatic carbocycles. The van der Waals surface area contributed by atoms with E-state index in [1.165, 1.54) is 0 Å². The topological polar surface area (TPSA) is 88.4 Å². The van der Waals surface area contributed by atoms with Gasteiger partial charge in [-0.3, -0.25) is 0 Å². The molecule has 0 heterocycles. The first kappa shape index (κ1) is 17.2. The van der Waals surface area contributed by atoms with Crippen LogP contribution < -0.4 is 0 Å². The summed E-state index contributed by atoms with van der Waals surface area (Å²) < 4.78 is 14.8. The summed E-state index contributed by atoms with van der Waals surface area (Å²) in [5.41, 5.74) is 0. The molecule has 0 fully saturated rings. The monoisotopic (exact) mass is 226 g/mol. The zero-order valence-electron chi connectivity index (χ0n) is 9.22. The van der Waals surface area contributed by atoms with E-state index in [9.17, 15) is 0 Å². The second-order valence-corrected chi connectivity index (χ2v) is 2.39. The lowest BCUT2D eigenvalue weighted by atomic mass is 10.7. The highest BCUT2D eigenvalue weighted by molar-refractivity contribution is 4.31. The minimum atomic E-state index is -0.125. The first-order chi connectivity index (χ1) is 7.33. The van der Waals surface area contributed by atoms with Crippen LogP contribution in [0.4, 0.5) is 0 Å². The first-order valence-electron chi connectivity index (χ1n) is 4.80. The van der Waals surface area contributed by atoms with Gasteiger partial charge in [-0.05, 0) is 0 Å². The van der Waals surface area contributed by atoms with Crippen molar-refractivity contribution in [3.05, 3.63) is 0 Å². The Bertz CT molecular complexity index is 80.7. The fourth-order valence-corrected chi connectivity index (χ4v) is 0.529. The van der Waals surface area contributed by atoms with Crippen LogP contribution in [0.15, 0.2) is 0 Å². The second kappa shape index (κ2) is 19.4. The van der Waals surface area contributed by atoms with Crippen molar-refractivity contribution in [3.8, 4) is 0 Å². The minimum Gasteiger partial charge on any atom is -0.394 e. The lowest BCUT2D eigenvalue weighted by molar-refractivity contribution is 0.0159. The van der Waals surface area contributed by atoms with Crippen molar-refractivity contribution in [1.29, 1.82) is 0 Å². The van der Waals surface area contributed by atoms with Gasteiger partial charge in [0.15, 0.2) is 0 Å². The predicted molar refractivity (Wildman–Crippen MR) is 54.8 cm³/mol. The van der Waals surface area contributed by atoms with E-state index in [4.69, 9.17) is 29.5 Å². The lowest BCUT2D eigenvalue weighted by Gasteiger charge is -2.03. The summed E-state index contributed by atoms with van der Waals surface area (Å²) in [5, 5.41) is 23.6. The number of aliphatic hydroxyl groups is 3. The molecule has 0 aliphatic heterocycles. The molecule has 0 saturated carbocycles. The summed E-state index contributed by atoms with van der Waals surface area (Å²) in [6.07, 6.45) is 0. The van der Waals surface area contributed by atoms with Crippen LogP contribution in [0, 0.1) is 0 Å². The van der Waals surface area contributed by atoms with E-state index in [1.807, 2.05) is 0 Å². The maximum Gasteiger partial charge on any atom is 0.0701 e. The molecule has 0 radical (unpaired) electrons. The smallest absolute Gasteiger partial charge is 0.0701 e.